The molecule has 0 saturated heterocycles. The highest BCUT2D eigenvalue weighted by Crippen LogP contribution is 2.02. The first-order valence-electron chi connectivity index (χ1n) is 5.11. The first-order chi connectivity index (χ1) is 7.62. The van der Waals surface area contributed by atoms with Crippen LogP contribution in [0.2, 0.25) is 0 Å². The summed E-state index contributed by atoms with van der Waals surface area (Å²) in [4.78, 5) is 25.1. The van der Waals surface area contributed by atoms with E-state index in [1.54, 1.807) is 6.41 Å². The molecule has 0 aromatic heterocycles. The molecule has 1 atom stereocenters. The van der Waals surface area contributed by atoms with Gasteiger partial charge < -0.3 is 19.6 Å². The molecule has 0 aliphatic heterocycles. The summed E-state index contributed by atoms with van der Waals surface area (Å²) in [5.74, 6) is -0.246. The Bertz CT molecular complexity index is 223. The lowest BCUT2D eigenvalue weighted by molar-refractivity contribution is -0.137. The SMILES string of the molecule is CCN(CCO)C(=O)C(COC)N(C)[C]=O. The van der Waals surface area contributed by atoms with Crippen molar-refractivity contribution in [2.75, 3.05) is 40.5 Å². The summed E-state index contributed by atoms with van der Waals surface area (Å²) in [6, 6.07) is -0.686. The minimum absolute atomic E-state index is 0.103. The second-order valence-corrected chi connectivity index (χ2v) is 3.31. The van der Waals surface area contributed by atoms with Crippen molar-refractivity contribution >= 4 is 12.3 Å². The average Bonchev–Trinajstić information content (AvgIpc) is 2.31. The quantitative estimate of drug-likeness (QED) is 0.535. The molecule has 0 rings (SSSR count). The standard InChI is InChI=1S/C10H19N2O4/c1-4-12(5-6-13)10(15)9(7-16-3)11(2)8-14/h9,13H,4-7H2,1-3H3. The van der Waals surface area contributed by atoms with Crippen LogP contribution in [0.4, 0.5) is 0 Å². The maximum atomic E-state index is 12.0. The van der Waals surface area contributed by atoms with Crippen molar-refractivity contribution < 1.29 is 19.4 Å². The summed E-state index contributed by atoms with van der Waals surface area (Å²) >= 11 is 0. The van der Waals surface area contributed by atoms with Gasteiger partial charge in [0.1, 0.15) is 6.04 Å². The lowest BCUT2D eigenvalue weighted by atomic mass is 10.2. The molecule has 0 fully saturated rings. The van der Waals surface area contributed by atoms with Crippen molar-refractivity contribution in [2.24, 2.45) is 0 Å². The predicted octanol–water partition coefficient (Wildman–Crippen LogP) is -1.16. The van der Waals surface area contributed by atoms with E-state index in [0.717, 1.165) is 4.90 Å². The number of amides is 2. The van der Waals surface area contributed by atoms with Crippen molar-refractivity contribution in [1.29, 1.82) is 0 Å². The van der Waals surface area contributed by atoms with Crippen molar-refractivity contribution in [3.05, 3.63) is 0 Å². The highest BCUT2D eigenvalue weighted by molar-refractivity contribution is 5.83. The number of rotatable bonds is 8. The van der Waals surface area contributed by atoms with Crippen LogP contribution >= 0.6 is 0 Å². The first kappa shape index (κ1) is 14.9. The van der Waals surface area contributed by atoms with Crippen LogP contribution in [0.3, 0.4) is 0 Å². The van der Waals surface area contributed by atoms with E-state index in [1.807, 2.05) is 6.92 Å². The number of hydrogen-bond donors (Lipinski definition) is 1. The number of aliphatic hydroxyl groups excluding tert-OH is 1. The molecule has 0 aliphatic carbocycles. The van der Waals surface area contributed by atoms with Crippen LogP contribution in [-0.4, -0.2) is 73.7 Å². The second-order valence-electron chi connectivity index (χ2n) is 3.31. The normalized spacial score (nSPS) is 12.0. The average molecular weight is 231 g/mol. The van der Waals surface area contributed by atoms with E-state index >= 15 is 0 Å². The summed E-state index contributed by atoms with van der Waals surface area (Å²) < 4.78 is 4.89. The van der Waals surface area contributed by atoms with E-state index in [2.05, 4.69) is 0 Å². The van der Waals surface area contributed by atoms with E-state index in [0.29, 0.717) is 6.54 Å². The number of methoxy groups -OCH3 is 1. The molecule has 2 amide bonds. The van der Waals surface area contributed by atoms with Gasteiger partial charge in [0, 0.05) is 27.2 Å². The van der Waals surface area contributed by atoms with E-state index in [-0.39, 0.29) is 25.7 Å². The Morgan fingerprint density at radius 3 is 2.56 bits per heavy atom. The molecule has 1 radical (unpaired) electrons. The first-order valence-corrected chi connectivity index (χ1v) is 5.11. The van der Waals surface area contributed by atoms with Gasteiger partial charge in [0.15, 0.2) is 0 Å². The van der Waals surface area contributed by atoms with E-state index < -0.39 is 6.04 Å². The van der Waals surface area contributed by atoms with Crippen molar-refractivity contribution in [2.45, 2.75) is 13.0 Å². The van der Waals surface area contributed by atoms with Crippen LogP contribution in [0.15, 0.2) is 0 Å². The third kappa shape index (κ3) is 4.16. The number of likely N-dealkylation sites (N-methyl/N-ethyl adjacent to an activating group) is 2. The monoisotopic (exact) mass is 231 g/mol. The summed E-state index contributed by atoms with van der Waals surface area (Å²) in [7, 11) is 2.93. The predicted molar refractivity (Wildman–Crippen MR) is 58.5 cm³/mol. The fourth-order valence-electron chi connectivity index (χ4n) is 1.33. The second kappa shape index (κ2) is 8.06. The molecule has 1 unspecified atom stereocenters. The molecule has 0 aromatic rings. The van der Waals surface area contributed by atoms with Gasteiger partial charge in [-0.3, -0.25) is 9.59 Å². The molecular formula is C10H19N2O4. The molecule has 0 aliphatic rings. The lowest BCUT2D eigenvalue weighted by Gasteiger charge is -2.28. The number of aliphatic hydroxyl groups is 1. The summed E-state index contributed by atoms with van der Waals surface area (Å²) in [5.41, 5.74) is 0. The Hall–Kier alpha value is -1.14. The van der Waals surface area contributed by atoms with E-state index in [1.165, 1.54) is 19.1 Å². The molecule has 6 heteroatoms. The third-order valence-electron chi connectivity index (χ3n) is 2.28. The van der Waals surface area contributed by atoms with Crippen LogP contribution < -0.4 is 0 Å². The molecule has 1 N–H and O–H groups in total. The third-order valence-corrected chi connectivity index (χ3v) is 2.28. The van der Waals surface area contributed by atoms with Gasteiger partial charge in [-0.1, -0.05) is 0 Å². The summed E-state index contributed by atoms with van der Waals surface area (Å²) in [6.45, 7) is 2.55. The van der Waals surface area contributed by atoms with Crippen molar-refractivity contribution in [3.63, 3.8) is 0 Å². The zero-order chi connectivity index (χ0) is 12.6. The molecule has 16 heavy (non-hydrogen) atoms. The van der Waals surface area contributed by atoms with Gasteiger partial charge >= 0.3 is 6.41 Å². The van der Waals surface area contributed by atoms with Gasteiger partial charge in [0.2, 0.25) is 5.91 Å². The molecule has 0 heterocycles. The maximum Gasteiger partial charge on any atom is 0.312 e. The Labute approximate surface area is 95.8 Å². The highest BCUT2D eigenvalue weighted by atomic mass is 16.5. The highest BCUT2D eigenvalue weighted by Gasteiger charge is 2.26. The fraction of sp³-hybridized carbons (Fsp3) is 0.800. The number of ether oxygens (including phenoxy) is 1. The van der Waals surface area contributed by atoms with Gasteiger partial charge in [-0.2, -0.15) is 0 Å². The number of carbonyl (C=O) groups is 1. The topological polar surface area (TPSA) is 70.1 Å². The van der Waals surface area contributed by atoms with Crippen LogP contribution in [0, 0.1) is 0 Å². The zero-order valence-electron chi connectivity index (χ0n) is 9.97. The largest absolute Gasteiger partial charge is 0.395 e. The maximum absolute atomic E-state index is 12.0. The summed E-state index contributed by atoms with van der Waals surface area (Å²) in [5, 5.41) is 8.81. The number of carbonyl (C=O) groups excluding carboxylic acids is 2. The van der Waals surface area contributed by atoms with Gasteiger partial charge in [0.05, 0.1) is 13.2 Å². The van der Waals surface area contributed by atoms with Crippen LogP contribution in [0.5, 0.6) is 0 Å². The smallest absolute Gasteiger partial charge is 0.312 e. The molecular weight excluding hydrogens is 212 g/mol. The van der Waals surface area contributed by atoms with Crippen molar-refractivity contribution in [3.8, 4) is 0 Å². The van der Waals surface area contributed by atoms with Gasteiger partial charge in [-0.25, -0.2) is 0 Å². The molecule has 0 bridgehead atoms. The summed E-state index contributed by atoms with van der Waals surface area (Å²) in [6.07, 6.45) is 1.65. The van der Waals surface area contributed by atoms with E-state index in [4.69, 9.17) is 9.84 Å². The van der Waals surface area contributed by atoms with Gasteiger partial charge in [0.25, 0.3) is 0 Å². The number of nitrogens with zero attached hydrogens (tertiary/aromatic N) is 2. The van der Waals surface area contributed by atoms with E-state index in [9.17, 15) is 9.59 Å². The minimum Gasteiger partial charge on any atom is -0.395 e. The molecule has 0 spiro atoms. The Morgan fingerprint density at radius 2 is 2.19 bits per heavy atom. The number of hydrogen-bond acceptors (Lipinski definition) is 4. The molecule has 0 aromatic carbocycles. The minimum atomic E-state index is -0.686. The zero-order valence-corrected chi connectivity index (χ0v) is 9.97. The Kier molecular flexibility index (Phi) is 7.49. The Morgan fingerprint density at radius 1 is 1.56 bits per heavy atom. The van der Waals surface area contributed by atoms with Gasteiger partial charge in [-0.05, 0) is 6.92 Å². The lowest BCUT2D eigenvalue weighted by Crippen LogP contribution is -2.49. The van der Waals surface area contributed by atoms with Crippen LogP contribution in [0.25, 0.3) is 0 Å². The Balaban J connectivity index is 4.62. The van der Waals surface area contributed by atoms with Crippen LogP contribution in [-0.2, 0) is 14.3 Å². The molecule has 0 saturated carbocycles. The van der Waals surface area contributed by atoms with Gasteiger partial charge in [-0.15, -0.1) is 0 Å². The molecule has 6 nitrogen and oxygen atoms in total. The molecule has 93 valence electrons. The van der Waals surface area contributed by atoms with Crippen molar-refractivity contribution in [1.82, 2.24) is 9.80 Å². The fourth-order valence-corrected chi connectivity index (χ4v) is 1.33. The van der Waals surface area contributed by atoms with Crippen LogP contribution in [0.1, 0.15) is 6.92 Å².